The predicted molar refractivity (Wildman–Crippen MR) is 73.1 cm³/mol. The fraction of sp³-hybridized carbons (Fsp3) is 1.00. The molecule has 0 amide bonds. The minimum atomic E-state index is 0.109. The van der Waals surface area contributed by atoms with Crippen LogP contribution in [0.4, 0.5) is 0 Å². The molecule has 3 heterocycles. The number of rotatable bonds is 6. The third-order valence-electron chi connectivity index (χ3n) is 2.58. The summed E-state index contributed by atoms with van der Waals surface area (Å²) in [4.78, 5) is 0. The van der Waals surface area contributed by atoms with Crippen LogP contribution in [0.2, 0.25) is 8.94 Å². The molecule has 92 valence electrons. The van der Waals surface area contributed by atoms with Gasteiger partial charge in [0.1, 0.15) is 0 Å². The van der Waals surface area contributed by atoms with Crippen molar-refractivity contribution >= 4 is 65.4 Å². The third kappa shape index (κ3) is 4.71. The van der Waals surface area contributed by atoms with Gasteiger partial charge in [0.25, 0.3) is 0 Å². The van der Waals surface area contributed by atoms with Crippen LogP contribution in [-0.2, 0) is 9.47 Å². The second kappa shape index (κ2) is 6.58. The molecule has 0 bridgehead atoms. The van der Waals surface area contributed by atoms with Gasteiger partial charge in [-0.25, -0.2) is 0 Å². The second-order valence-corrected chi connectivity index (χ2v) is 16.0. The van der Waals surface area contributed by atoms with Gasteiger partial charge in [-0.15, -0.1) is 0 Å². The first kappa shape index (κ1) is 13.2. The Kier molecular flexibility index (Phi) is 5.42. The SMILES string of the molecule is C1[Te]C(OCC2CS2)[Te]CC1OCC1CS1. The van der Waals surface area contributed by atoms with E-state index in [0.717, 1.165) is 25.9 Å². The van der Waals surface area contributed by atoms with Crippen molar-refractivity contribution in [2.75, 3.05) is 24.7 Å². The molecule has 0 aliphatic carbocycles. The van der Waals surface area contributed by atoms with Gasteiger partial charge in [0, 0.05) is 0 Å². The van der Waals surface area contributed by atoms with Crippen molar-refractivity contribution in [3.63, 3.8) is 0 Å². The molecule has 2 unspecified atom stereocenters. The maximum atomic E-state index is 6.03. The molecule has 6 heteroatoms. The van der Waals surface area contributed by atoms with E-state index in [1.807, 2.05) is 11.8 Å². The summed E-state index contributed by atoms with van der Waals surface area (Å²) in [5, 5.41) is 1.71. The molecule has 0 aromatic heterocycles. The number of hydrogen-bond donors (Lipinski definition) is 0. The van der Waals surface area contributed by atoms with Crippen LogP contribution in [0.3, 0.4) is 0 Å². The second-order valence-electron chi connectivity index (χ2n) is 4.15. The quantitative estimate of drug-likeness (QED) is 0.414. The van der Waals surface area contributed by atoms with Crippen molar-refractivity contribution in [3.05, 3.63) is 0 Å². The molecule has 0 saturated carbocycles. The molecule has 3 aliphatic heterocycles. The Bertz CT molecular complexity index is 205. The molecule has 2 atom stereocenters. The molecular weight excluding hydrogens is 471 g/mol. The summed E-state index contributed by atoms with van der Waals surface area (Å²) >= 11 is 4.32. The number of ether oxygens (including phenoxy) is 2. The van der Waals surface area contributed by atoms with Crippen molar-refractivity contribution in [3.8, 4) is 0 Å². The van der Waals surface area contributed by atoms with E-state index in [9.17, 15) is 0 Å². The van der Waals surface area contributed by atoms with E-state index in [1.165, 1.54) is 20.4 Å². The van der Waals surface area contributed by atoms with Gasteiger partial charge in [0.2, 0.25) is 0 Å². The Morgan fingerprint density at radius 2 is 1.50 bits per heavy atom. The average Bonchev–Trinajstić information content (AvgIpc) is 3.17. The van der Waals surface area contributed by atoms with Gasteiger partial charge in [-0.1, -0.05) is 0 Å². The van der Waals surface area contributed by atoms with Gasteiger partial charge in [-0.3, -0.25) is 0 Å². The van der Waals surface area contributed by atoms with Crippen LogP contribution in [0.25, 0.3) is 0 Å². The molecular formula is C10H16O2S2Te2. The molecule has 0 aromatic rings. The Morgan fingerprint density at radius 1 is 0.938 bits per heavy atom. The van der Waals surface area contributed by atoms with Crippen molar-refractivity contribution in [1.82, 2.24) is 0 Å². The fourth-order valence-electron chi connectivity index (χ4n) is 1.42. The van der Waals surface area contributed by atoms with Crippen LogP contribution in [0.5, 0.6) is 0 Å². The molecule has 0 spiro atoms. The molecule has 3 fully saturated rings. The van der Waals surface area contributed by atoms with Gasteiger partial charge < -0.3 is 0 Å². The topological polar surface area (TPSA) is 18.5 Å². The third-order valence-corrected chi connectivity index (χ3v) is 15.2. The molecule has 3 aliphatic rings. The first-order valence-corrected chi connectivity index (χ1v) is 13.7. The van der Waals surface area contributed by atoms with Gasteiger partial charge in [0.15, 0.2) is 0 Å². The summed E-state index contributed by atoms with van der Waals surface area (Å²) in [7, 11) is 0. The Hall–Kier alpha value is 2.20. The zero-order valence-electron chi connectivity index (χ0n) is 9.00. The minimum absolute atomic E-state index is 0.109. The molecule has 3 saturated heterocycles. The zero-order valence-corrected chi connectivity index (χ0v) is 15.3. The van der Waals surface area contributed by atoms with Crippen molar-refractivity contribution in [1.29, 1.82) is 0 Å². The van der Waals surface area contributed by atoms with Crippen LogP contribution in [-0.4, -0.2) is 85.4 Å². The summed E-state index contributed by atoms with van der Waals surface area (Å²) in [5.41, 5.74) is 0. The first-order chi connectivity index (χ1) is 7.90. The van der Waals surface area contributed by atoms with E-state index >= 15 is 0 Å². The normalized spacial score (nSPS) is 42.0. The van der Waals surface area contributed by atoms with E-state index in [0.29, 0.717) is 6.10 Å². The van der Waals surface area contributed by atoms with Gasteiger partial charge in [0.05, 0.1) is 0 Å². The van der Waals surface area contributed by atoms with Crippen LogP contribution in [0, 0.1) is 0 Å². The number of hydrogen-bond acceptors (Lipinski definition) is 4. The van der Waals surface area contributed by atoms with E-state index in [-0.39, 0.29) is 41.8 Å². The number of thioether (sulfide) groups is 2. The van der Waals surface area contributed by atoms with Crippen LogP contribution in [0.15, 0.2) is 0 Å². The standard InChI is InChI=1S/C10H16O2S2Te2/c1(8-3-13-8)11-7-5-15-10(16-6-7)12-2-9-4-14-9/h7-10H,1-6H2. The van der Waals surface area contributed by atoms with E-state index in [4.69, 9.17) is 9.47 Å². The monoisotopic (exact) mass is 492 g/mol. The average molecular weight is 488 g/mol. The van der Waals surface area contributed by atoms with E-state index in [2.05, 4.69) is 11.8 Å². The van der Waals surface area contributed by atoms with Gasteiger partial charge >= 0.3 is 127 Å². The molecule has 16 heavy (non-hydrogen) atoms. The fourth-order valence-corrected chi connectivity index (χ4v) is 13.1. The van der Waals surface area contributed by atoms with Gasteiger partial charge in [-0.05, 0) is 0 Å². The van der Waals surface area contributed by atoms with Crippen LogP contribution >= 0.6 is 23.5 Å². The van der Waals surface area contributed by atoms with Crippen LogP contribution in [0.1, 0.15) is 0 Å². The van der Waals surface area contributed by atoms with Crippen LogP contribution < -0.4 is 0 Å². The van der Waals surface area contributed by atoms with Crippen molar-refractivity contribution in [2.45, 2.75) is 27.7 Å². The summed E-state index contributed by atoms with van der Waals surface area (Å²) < 4.78 is 15.5. The molecule has 0 aromatic carbocycles. The predicted octanol–water partition coefficient (Wildman–Crippen LogP) is 1.16. The molecule has 0 N–H and O–H groups in total. The Morgan fingerprint density at radius 3 is 2.06 bits per heavy atom. The summed E-state index contributed by atoms with van der Waals surface area (Å²) in [6.45, 7) is 2.08. The van der Waals surface area contributed by atoms with E-state index in [1.54, 1.807) is 0 Å². The molecule has 0 radical (unpaired) electrons. The van der Waals surface area contributed by atoms with Crippen molar-refractivity contribution in [2.24, 2.45) is 0 Å². The first-order valence-electron chi connectivity index (χ1n) is 5.60. The molecule has 2 nitrogen and oxygen atoms in total. The van der Waals surface area contributed by atoms with Crippen molar-refractivity contribution < 1.29 is 9.47 Å². The maximum absolute atomic E-state index is 6.03. The summed E-state index contributed by atoms with van der Waals surface area (Å²) in [5.74, 6) is 2.68. The molecule has 3 rings (SSSR count). The van der Waals surface area contributed by atoms with Gasteiger partial charge in [-0.2, -0.15) is 0 Å². The Labute approximate surface area is 126 Å². The Balaban J connectivity index is 1.28. The summed E-state index contributed by atoms with van der Waals surface area (Å²) in [6, 6.07) is 0. The summed E-state index contributed by atoms with van der Waals surface area (Å²) in [6.07, 6.45) is 0.640. The van der Waals surface area contributed by atoms with E-state index < -0.39 is 0 Å². The zero-order chi connectivity index (χ0) is 10.8.